The lowest BCUT2D eigenvalue weighted by Gasteiger charge is -2.17. The van der Waals surface area contributed by atoms with Crippen LogP contribution in [0.4, 0.5) is 0 Å². The van der Waals surface area contributed by atoms with Crippen molar-refractivity contribution >= 4 is 11.9 Å². The van der Waals surface area contributed by atoms with Gasteiger partial charge in [0.25, 0.3) is 0 Å². The molecule has 0 bridgehead atoms. The number of rotatable bonds is 5. The van der Waals surface area contributed by atoms with Crippen LogP contribution in [0.1, 0.15) is 46.5 Å². The summed E-state index contributed by atoms with van der Waals surface area (Å²) in [4.78, 5) is 21.6. The Hall–Kier alpha value is -1.06. The lowest BCUT2D eigenvalue weighted by Crippen LogP contribution is -2.20. The van der Waals surface area contributed by atoms with Crippen LogP contribution in [0.25, 0.3) is 0 Å². The van der Waals surface area contributed by atoms with Gasteiger partial charge in [0.1, 0.15) is 6.10 Å². The van der Waals surface area contributed by atoms with E-state index in [1.165, 1.54) is 13.8 Å². The first-order chi connectivity index (χ1) is 8.02. The smallest absolute Gasteiger partial charge is 0.302 e. The number of esters is 2. The Bertz CT molecular complexity index is 275. The van der Waals surface area contributed by atoms with Gasteiger partial charge in [0.2, 0.25) is 0 Å². The molecule has 1 fully saturated rings. The highest BCUT2D eigenvalue weighted by molar-refractivity contribution is 5.66. The Balaban J connectivity index is 2.35. The molecule has 0 aromatic rings. The Morgan fingerprint density at radius 3 is 2.41 bits per heavy atom. The first-order valence-electron chi connectivity index (χ1n) is 6.33. The average Bonchev–Trinajstić information content (AvgIpc) is 2.59. The Kier molecular flexibility index (Phi) is 5.45. The summed E-state index contributed by atoms with van der Waals surface area (Å²) in [6, 6.07) is 0. The third-order valence-corrected chi connectivity index (χ3v) is 3.40. The minimum absolute atomic E-state index is 0.0554. The van der Waals surface area contributed by atoms with E-state index >= 15 is 0 Å². The summed E-state index contributed by atoms with van der Waals surface area (Å²) < 4.78 is 10.3. The Morgan fingerprint density at radius 2 is 1.88 bits per heavy atom. The summed E-state index contributed by atoms with van der Waals surface area (Å²) in [5.74, 6) is 0.533. The molecular weight excluding hydrogens is 220 g/mol. The van der Waals surface area contributed by atoms with Crippen molar-refractivity contribution in [3.8, 4) is 0 Å². The van der Waals surface area contributed by atoms with Gasteiger partial charge in [-0.25, -0.2) is 0 Å². The highest BCUT2D eigenvalue weighted by Crippen LogP contribution is 2.37. The topological polar surface area (TPSA) is 52.6 Å². The van der Waals surface area contributed by atoms with Crippen molar-refractivity contribution in [1.29, 1.82) is 0 Å². The standard InChI is InChI=1S/C13H22O4/c1-4-12-7-11(5-6-16-9(2)14)8-13(12)17-10(3)15/h11-13H,4-8H2,1-3H3/t11-,12+,13+/m1/s1. The van der Waals surface area contributed by atoms with Gasteiger partial charge in [0, 0.05) is 13.8 Å². The van der Waals surface area contributed by atoms with E-state index in [-0.39, 0.29) is 18.0 Å². The quantitative estimate of drug-likeness (QED) is 0.694. The van der Waals surface area contributed by atoms with Crippen molar-refractivity contribution < 1.29 is 19.1 Å². The summed E-state index contributed by atoms with van der Waals surface area (Å²) >= 11 is 0. The van der Waals surface area contributed by atoms with E-state index in [4.69, 9.17) is 9.47 Å². The highest BCUT2D eigenvalue weighted by Gasteiger charge is 2.34. The molecular formula is C13H22O4. The van der Waals surface area contributed by atoms with E-state index in [0.717, 1.165) is 25.7 Å². The molecule has 0 aromatic heterocycles. The Morgan fingerprint density at radius 1 is 1.18 bits per heavy atom. The largest absolute Gasteiger partial charge is 0.466 e. The molecule has 98 valence electrons. The first kappa shape index (κ1) is 14.0. The van der Waals surface area contributed by atoms with Crippen LogP contribution in [0.2, 0.25) is 0 Å². The minimum atomic E-state index is -0.230. The molecule has 0 heterocycles. The zero-order valence-corrected chi connectivity index (χ0v) is 10.9. The molecule has 1 aliphatic carbocycles. The molecule has 0 spiro atoms. The van der Waals surface area contributed by atoms with Crippen LogP contribution in [0, 0.1) is 11.8 Å². The molecule has 0 unspecified atom stereocenters. The molecule has 17 heavy (non-hydrogen) atoms. The van der Waals surface area contributed by atoms with Gasteiger partial charge in [0.15, 0.2) is 0 Å². The number of ether oxygens (including phenoxy) is 2. The van der Waals surface area contributed by atoms with E-state index in [1.807, 2.05) is 0 Å². The average molecular weight is 242 g/mol. The third kappa shape index (κ3) is 4.75. The number of hydrogen-bond donors (Lipinski definition) is 0. The van der Waals surface area contributed by atoms with Crippen LogP contribution >= 0.6 is 0 Å². The van der Waals surface area contributed by atoms with Crippen molar-refractivity contribution in [3.63, 3.8) is 0 Å². The van der Waals surface area contributed by atoms with Gasteiger partial charge in [-0.2, -0.15) is 0 Å². The summed E-state index contributed by atoms with van der Waals surface area (Å²) in [6.07, 6.45) is 3.92. The summed E-state index contributed by atoms with van der Waals surface area (Å²) in [5, 5.41) is 0. The van der Waals surface area contributed by atoms with Crippen molar-refractivity contribution in [1.82, 2.24) is 0 Å². The summed E-state index contributed by atoms with van der Waals surface area (Å²) in [5.41, 5.74) is 0. The minimum Gasteiger partial charge on any atom is -0.466 e. The lowest BCUT2D eigenvalue weighted by molar-refractivity contribution is -0.148. The molecule has 1 aliphatic rings. The molecule has 4 nitrogen and oxygen atoms in total. The first-order valence-corrected chi connectivity index (χ1v) is 6.33. The maximum Gasteiger partial charge on any atom is 0.302 e. The lowest BCUT2D eigenvalue weighted by atomic mass is 10.0. The molecule has 0 amide bonds. The molecule has 0 aromatic carbocycles. The maximum absolute atomic E-state index is 11.0. The fourth-order valence-corrected chi connectivity index (χ4v) is 2.59. The second kappa shape index (κ2) is 6.62. The predicted octanol–water partition coefficient (Wildman–Crippen LogP) is 2.31. The van der Waals surface area contributed by atoms with E-state index < -0.39 is 0 Å². The van der Waals surface area contributed by atoms with Gasteiger partial charge in [-0.05, 0) is 37.5 Å². The molecule has 0 aliphatic heterocycles. The monoisotopic (exact) mass is 242 g/mol. The predicted molar refractivity (Wildman–Crippen MR) is 63.3 cm³/mol. The zero-order valence-electron chi connectivity index (χ0n) is 10.9. The summed E-state index contributed by atoms with van der Waals surface area (Å²) in [7, 11) is 0. The van der Waals surface area contributed by atoms with Crippen molar-refractivity contribution in [2.75, 3.05) is 6.61 Å². The molecule has 3 atom stereocenters. The van der Waals surface area contributed by atoms with Crippen molar-refractivity contribution in [2.45, 2.75) is 52.6 Å². The molecule has 0 radical (unpaired) electrons. The second-order valence-corrected chi connectivity index (χ2v) is 4.78. The van der Waals surface area contributed by atoms with E-state index in [2.05, 4.69) is 6.92 Å². The number of hydrogen-bond acceptors (Lipinski definition) is 4. The van der Waals surface area contributed by atoms with Gasteiger partial charge in [-0.3, -0.25) is 9.59 Å². The van der Waals surface area contributed by atoms with E-state index in [1.54, 1.807) is 0 Å². The van der Waals surface area contributed by atoms with Crippen LogP contribution in [-0.4, -0.2) is 24.6 Å². The van der Waals surface area contributed by atoms with Gasteiger partial charge in [-0.15, -0.1) is 0 Å². The molecule has 1 saturated carbocycles. The van der Waals surface area contributed by atoms with Crippen LogP contribution < -0.4 is 0 Å². The van der Waals surface area contributed by atoms with Gasteiger partial charge >= 0.3 is 11.9 Å². The molecule has 0 N–H and O–H groups in total. The fourth-order valence-electron chi connectivity index (χ4n) is 2.59. The molecule has 1 rings (SSSR count). The van der Waals surface area contributed by atoms with Crippen LogP contribution in [0.3, 0.4) is 0 Å². The van der Waals surface area contributed by atoms with Crippen LogP contribution in [-0.2, 0) is 19.1 Å². The van der Waals surface area contributed by atoms with Gasteiger partial charge in [0.05, 0.1) is 6.61 Å². The van der Waals surface area contributed by atoms with Gasteiger partial charge in [-0.1, -0.05) is 6.92 Å². The van der Waals surface area contributed by atoms with Crippen LogP contribution in [0.15, 0.2) is 0 Å². The summed E-state index contributed by atoms with van der Waals surface area (Å²) in [6.45, 7) is 5.48. The number of carbonyl (C=O) groups excluding carboxylic acids is 2. The van der Waals surface area contributed by atoms with Gasteiger partial charge < -0.3 is 9.47 Å². The normalized spacial score (nSPS) is 27.8. The van der Waals surface area contributed by atoms with Crippen molar-refractivity contribution in [3.05, 3.63) is 0 Å². The molecule has 0 saturated heterocycles. The highest BCUT2D eigenvalue weighted by atomic mass is 16.5. The Labute approximate surface area is 103 Å². The second-order valence-electron chi connectivity index (χ2n) is 4.78. The fraction of sp³-hybridized carbons (Fsp3) is 0.846. The molecule has 4 heteroatoms. The SMILES string of the molecule is CC[C@H]1C[C@@H](CCOC(C)=O)C[C@@H]1OC(C)=O. The van der Waals surface area contributed by atoms with Crippen LogP contribution in [0.5, 0.6) is 0 Å². The zero-order chi connectivity index (χ0) is 12.8. The third-order valence-electron chi connectivity index (χ3n) is 3.40. The maximum atomic E-state index is 11.0. The number of carbonyl (C=O) groups is 2. The van der Waals surface area contributed by atoms with E-state index in [0.29, 0.717) is 18.4 Å². The van der Waals surface area contributed by atoms with Crippen molar-refractivity contribution in [2.24, 2.45) is 11.8 Å². The van der Waals surface area contributed by atoms with E-state index in [9.17, 15) is 9.59 Å².